The minimum atomic E-state index is -0.704. The van der Waals surface area contributed by atoms with Crippen LogP contribution in [-0.4, -0.2) is 18.5 Å². The van der Waals surface area contributed by atoms with Crippen molar-refractivity contribution in [2.45, 2.75) is 0 Å². The van der Waals surface area contributed by atoms with E-state index in [1.54, 1.807) is 0 Å². The second-order valence-corrected chi connectivity index (χ2v) is 3.15. The highest BCUT2D eigenvalue weighted by molar-refractivity contribution is 5.81. The normalized spacial score (nSPS) is 8.78. The second-order valence-electron chi connectivity index (χ2n) is 3.15. The van der Waals surface area contributed by atoms with E-state index >= 15 is 0 Å². The van der Waals surface area contributed by atoms with Gasteiger partial charge in [-0.2, -0.15) is 10.5 Å². The minimum Gasteiger partial charge on any atom is -0.424 e. The number of carbonyl (C=O) groups is 1. The molecule has 18 heavy (non-hydrogen) atoms. The van der Waals surface area contributed by atoms with E-state index in [0.29, 0.717) is 5.56 Å². The highest BCUT2D eigenvalue weighted by Crippen LogP contribution is 2.19. The van der Waals surface area contributed by atoms with Crippen LogP contribution in [0.15, 0.2) is 23.2 Å². The van der Waals surface area contributed by atoms with Gasteiger partial charge in [-0.1, -0.05) is 0 Å². The van der Waals surface area contributed by atoms with Gasteiger partial charge in [-0.05, 0) is 18.2 Å². The fraction of sp³-hybridized carbons (Fsp3) is 0.0909. The third kappa shape index (κ3) is 3.51. The number of nitrogens with zero attached hydrogens (tertiary/aromatic N) is 3. The molecule has 0 aliphatic heterocycles. The molecule has 7 heteroatoms. The zero-order valence-electron chi connectivity index (χ0n) is 9.25. The molecular formula is C11H9N5O2. The number of nitriles is 2. The molecule has 0 aliphatic carbocycles. The van der Waals surface area contributed by atoms with Crippen molar-refractivity contribution in [3.8, 4) is 17.9 Å². The van der Waals surface area contributed by atoms with Crippen LogP contribution in [-0.2, 0) is 4.79 Å². The lowest BCUT2D eigenvalue weighted by atomic mass is 10.1. The Hall–Kier alpha value is -3.06. The summed E-state index contributed by atoms with van der Waals surface area (Å²) in [4.78, 5) is 14.8. The van der Waals surface area contributed by atoms with Crippen LogP contribution < -0.4 is 16.2 Å². The van der Waals surface area contributed by atoms with Gasteiger partial charge in [0, 0.05) is 0 Å². The van der Waals surface area contributed by atoms with Crippen LogP contribution in [0.1, 0.15) is 11.1 Å². The van der Waals surface area contributed by atoms with Crippen LogP contribution >= 0.6 is 0 Å². The fourth-order valence-corrected chi connectivity index (χ4v) is 1.09. The molecule has 0 radical (unpaired) electrons. The largest absolute Gasteiger partial charge is 0.424 e. The summed E-state index contributed by atoms with van der Waals surface area (Å²) in [6.07, 6.45) is 0. The van der Waals surface area contributed by atoms with Crippen LogP contribution in [0.4, 0.5) is 0 Å². The van der Waals surface area contributed by atoms with Crippen LogP contribution in [0, 0.1) is 22.7 Å². The Morgan fingerprint density at radius 2 is 2.06 bits per heavy atom. The highest BCUT2D eigenvalue weighted by atomic mass is 16.5. The predicted molar refractivity (Wildman–Crippen MR) is 62.2 cm³/mol. The predicted octanol–water partition coefficient (Wildman–Crippen LogP) is -0.391. The van der Waals surface area contributed by atoms with E-state index in [4.69, 9.17) is 26.7 Å². The topological polar surface area (TPSA) is 138 Å². The molecule has 1 rings (SSSR count). The number of esters is 1. The lowest BCUT2D eigenvalue weighted by Gasteiger charge is -2.04. The number of hydrogen-bond donors (Lipinski definition) is 2. The Labute approximate surface area is 103 Å². The summed E-state index contributed by atoms with van der Waals surface area (Å²) < 4.78 is 4.90. The monoisotopic (exact) mass is 243 g/mol. The number of guanidine groups is 1. The summed E-state index contributed by atoms with van der Waals surface area (Å²) >= 11 is 0. The molecule has 0 saturated heterocycles. The molecule has 0 aromatic heterocycles. The molecule has 1 aromatic carbocycles. The molecular weight excluding hydrogens is 234 g/mol. The van der Waals surface area contributed by atoms with E-state index in [1.165, 1.54) is 18.2 Å². The van der Waals surface area contributed by atoms with Gasteiger partial charge in [0.15, 0.2) is 5.96 Å². The molecule has 0 fully saturated rings. The summed E-state index contributed by atoms with van der Waals surface area (Å²) in [7, 11) is 0. The van der Waals surface area contributed by atoms with E-state index in [0.717, 1.165) is 0 Å². The third-order valence-electron chi connectivity index (χ3n) is 1.84. The van der Waals surface area contributed by atoms with E-state index in [1.807, 2.05) is 12.1 Å². The molecule has 0 bridgehead atoms. The molecule has 0 spiro atoms. The van der Waals surface area contributed by atoms with Crippen molar-refractivity contribution in [2.24, 2.45) is 16.5 Å². The first-order chi connectivity index (χ1) is 8.56. The van der Waals surface area contributed by atoms with Gasteiger partial charge in [-0.15, -0.1) is 0 Å². The molecule has 0 unspecified atom stereocenters. The molecule has 0 saturated carbocycles. The van der Waals surface area contributed by atoms with Crippen LogP contribution in [0.3, 0.4) is 0 Å². The average molecular weight is 243 g/mol. The molecule has 0 atom stereocenters. The van der Waals surface area contributed by atoms with Gasteiger partial charge in [0.2, 0.25) is 0 Å². The van der Waals surface area contributed by atoms with Gasteiger partial charge in [0.05, 0.1) is 17.2 Å². The Balaban J connectivity index is 2.86. The van der Waals surface area contributed by atoms with Crippen molar-refractivity contribution in [2.75, 3.05) is 6.54 Å². The van der Waals surface area contributed by atoms with Crippen molar-refractivity contribution in [1.29, 1.82) is 10.5 Å². The van der Waals surface area contributed by atoms with Gasteiger partial charge in [-0.25, -0.2) is 9.79 Å². The number of hydrogen-bond acceptors (Lipinski definition) is 5. The van der Waals surface area contributed by atoms with Gasteiger partial charge < -0.3 is 16.2 Å². The molecule has 7 nitrogen and oxygen atoms in total. The lowest BCUT2D eigenvalue weighted by molar-refractivity contribution is -0.132. The zero-order valence-corrected chi connectivity index (χ0v) is 9.25. The first-order valence-electron chi connectivity index (χ1n) is 4.77. The second kappa shape index (κ2) is 5.87. The smallest absolute Gasteiger partial charge is 0.333 e. The van der Waals surface area contributed by atoms with Crippen LogP contribution in [0.5, 0.6) is 5.75 Å². The highest BCUT2D eigenvalue weighted by Gasteiger charge is 2.09. The number of benzene rings is 1. The van der Waals surface area contributed by atoms with Crippen molar-refractivity contribution in [3.63, 3.8) is 0 Å². The molecule has 0 amide bonds. The molecule has 4 N–H and O–H groups in total. The summed E-state index contributed by atoms with van der Waals surface area (Å²) in [6, 6.07) is 7.83. The van der Waals surface area contributed by atoms with E-state index in [2.05, 4.69) is 4.99 Å². The number of ether oxygens (including phenoxy) is 1. The van der Waals surface area contributed by atoms with Crippen molar-refractivity contribution >= 4 is 11.9 Å². The van der Waals surface area contributed by atoms with E-state index in [9.17, 15) is 4.79 Å². The molecule has 1 aromatic rings. The first kappa shape index (κ1) is 13.0. The fourth-order valence-electron chi connectivity index (χ4n) is 1.09. The van der Waals surface area contributed by atoms with E-state index < -0.39 is 5.97 Å². The Morgan fingerprint density at radius 1 is 1.33 bits per heavy atom. The number of rotatable bonds is 3. The Morgan fingerprint density at radius 3 is 2.61 bits per heavy atom. The zero-order chi connectivity index (χ0) is 13.5. The summed E-state index contributed by atoms with van der Waals surface area (Å²) in [5.74, 6) is -0.871. The quantitative estimate of drug-likeness (QED) is 0.321. The van der Waals surface area contributed by atoms with Crippen molar-refractivity contribution < 1.29 is 9.53 Å². The Bertz CT molecular complexity index is 576. The first-order valence-corrected chi connectivity index (χ1v) is 4.77. The molecule has 90 valence electrons. The number of nitrogens with two attached hydrogens (primary N) is 2. The summed E-state index contributed by atoms with van der Waals surface area (Å²) in [5.41, 5.74) is 10.5. The van der Waals surface area contributed by atoms with Gasteiger partial charge in [-0.3, -0.25) is 0 Å². The minimum absolute atomic E-state index is 0.0623. The summed E-state index contributed by atoms with van der Waals surface area (Å²) in [5, 5.41) is 17.5. The standard InChI is InChI=1S/C11H9N5O2/c12-4-7-1-2-9(8(3-7)5-13)18-10(17)6-16-11(14)15/h1-3H,6H2,(H4,14,15,16). The van der Waals surface area contributed by atoms with Gasteiger partial charge >= 0.3 is 5.97 Å². The molecule has 0 aliphatic rings. The maximum absolute atomic E-state index is 11.3. The van der Waals surface area contributed by atoms with Crippen molar-refractivity contribution in [3.05, 3.63) is 29.3 Å². The maximum Gasteiger partial charge on any atom is 0.333 e. The van der Waals surface area contributed by atoms with Crippen LogP contribution in [0.2, 0.25) is 0 Å². The number of aliphatic imine (C=N–C) groups is 1. The SMILES string of the molecule is N#Cc1ccc(OC(=O)CN=C(N)N)c(C#N)c1. The Kier molecular flexibility index (Phi) is 4.24. The van der Waals surface area contributed by atoms with E-state index in [-0.39, 0.29) is 23.8 Å². The number of carbonyl (C=O) groups excluding carboxylic acids is 1. The molecule has 0 heterocycles. The maximum atomic E-state index is 11.3. The average Bonchev–Trinajstić information content (AvgIpc) is 2.36. The van der Waals surface area contributed by atoms with Gasteiger partial charge in [0.1, 0.15) is 18.4 Å². The lowest BCUT2D eigenvalue weighted by Crippen LogP contribution is -2.25. The van der Waals surface area contributed by atoms with Crippen LogP contribution in [0.25, 0.3) is 0 Å². The van der Waals surface area contributed by atoms with Gasteiger partial charge in [0.25, 0.3) is 0 Å². The summed E-state index contributed by atoms with van der Waals surface area (Å²) in [6.45, 7) is -0.340. The van der Waals surface area contributed by atoms with Crippen molar-refractivity contribution in [1.82, 2.24) is 0 Å². The third-order valence-corrected chi connectivity index (χ3v) is 1.84.